The maximum Gasteiger partial charge on any atom is 0.122 e. The largest absolute Gasteiger partial charge is 0.508 e. The molecule has 2 N–H and O–H groups in total. The first-order valence-corrected chi connectivity index (χ1v) is 8.05. The predicted molar refractivity (Wildman–Crippen MR) is 88.6 cm³/mol. The van der Waals surface area contributed by atoms with Gasteiger partial charge in [0.25, 0.3) is 0 Å². The van der Waals surface area contributed by atoms with Gasteiger partial charge in [0.2, 0.25) is 0 Å². The number of phenols is 1. The summed E-state index contributed by atoms with van der Waals surface area (Å²) in [7, 11) is 0. The van der Waals surface area contributed by atoms with E-state index in [0.717, 1.165) is 36.5 Å². The molecule has 0 bridgehead atoms. The summed E-state index contributed by atoms with van der Waals surface area (Å²) >= 11 is 0. The summed E-state index contributed by atoms with van der Waals surface area (Å²) in [6, 6.07) is 11.7. The first kappa shape index (κ1) is 15.8. The fourth-order valence-corrected chi connectivity index (χ4v) is 2.93. The number of hydrogen-bond acceptors (Lipinski definition) is 2. The molecule has 0 spiro atoms. The number of phenolic OH excluding ortho intramolecular Hbond substituents is 1. The van der Waals surface area contributed by atoms with Crippen molar-refractivity contribution in [1.29, 1.82) is 0 Å². The van der Waals surface area contributed by atoms with Gasteiger partial charge in [-0.05, 0) is 35.7 Å². The second-order valence-electron chi connectivity index (χ2n) is 5.96. The van der Waals surface area contributed by atoms with Crippen LogP contribution in [0.25, 0.3) is 10.8 Å². The highest BCUT2D eigenvalue weighted by Crippen LogP contribution is 2.39. The average Bonchev–Trinajstić information content (AvgIpc) is 2.50. The van der Waals surface area contributed by atoms with Crippen molar-refractivity contribution in [3.05, 3.63) is 42.0 Å². The maximum atomic E-state index is 11.1. The molecule has 2 aromatic rings. The average molecular weight is 286 g/mol. The molecule has 0 fully saturated rings. The van der Waals surface area contributed by atoms with Gasteiger partial charge in [-0.15, -0.1) is 0 Å². The summed E-state index contributed by atoms with van der Waals surface area (Å²) in [5.41, 5.74) is -0.233. The van der Waals surface area contributed by atoms with E-state index in [2.05, 4.69) is 13.8 Å². The van der Waals surface area contributed by atoms with Crippen molar-refractivity contribution in [3.63, 3.8) is 0 Å². The summed E-state index contributed by atoms with van der Waals surface area (Å²) in [5, 5.41) is 23.6. The Morgan fingerprint density at radius 3 is 1.95 bits per heavy atom. The van der Waals surface area contributed by atoms with Crippen LogP contribution in [-0.2, 0) is 5.60 Å². The molecule has 0 aromatic heterocycles. The van der Waals surface area contributed by atoms with Crippen LogP contribution < -0.4 is 0 Å². The molecule has 2 rings (SSSR count). The van der Waals surface area contributed by atoms with Crippen molar-refractivity contribution >= 4 is 10.8 Å². The van der Waals surface area contributed by atoms with Gasteiger partial charge in [0.1, 0.15) is 5.75 Å². The highest BCUT2D eigenvalue weighted by Gasteiger charge is 2.30. The molecular formula is C19H26O2. The zero-order valence-electron chi connectivity index (χ0n) is 13.1. The van der Waals surface area contributed by atoms with Gasteiger partial charge in [0.05, 0.1) is 5.60 Å². The van der Waals surface area contributed by atoms with Crippen molar-refractivity contribution in [1.82, 2.24) is 0 Å². The number of aromatic hydroxyl groups is 1. The van der Waals surface area contributed by atoms with E-state index >= 15 is 0 Å². The lowest BCUT2D eigenvalue weighted by Gasteiger charge is -2.30. The molecule has 0 aliphatic rings. The lowest BCUT2D eigenvalue weighted by atomic mass is 9.82. The predicted octanol–water partition coefficient (Wildman–Crippen LogP) is 5.11. The third-order valence-electron chi connectivity index (χ3n) is 4.25. The zero-order valence-corrected chi connectivity index (χ0v) is 13.1. The third kappa shape index (κ3) is 3.56. The summed E-state index contributed by atoms with van der Waals surface area (Å²) in [4.78, 5) is 0. The van der Waals surface area contributed by atoms with Crippen molar-refractivity contribution in [2.45, 2.75) is 58.0 Å². The summed E-state index contributed by atoms with van der Waals surface area (Å²) in [6.07, 6.45) is 5.43. The normalized spacial score (nSPS) is 12.0. The summed E-state index contributed by atoms with van der Waals surface area (Å²) < 4.78 is 0. The van der Waals surface area contributed by atoms with E-state index < -0.39 is 5.60 Å². The standard InChI is InChI=1S/C19H26O2/c1-3-5-11-19(21,12-6-4-2)17-13-15-9-7-8-10-16(15)14-18(17)20/h7-10,13-14,20-21H,3-6,11-12H2,1-2H3. The van der Waals surface area contributed by atoms with Crippen LogP contribution in [0.4, 0.5) is 0 Å². The first-order chi connectivity index (χ1) is 10.1. The van der Waals surface area contributed by atoms with Crippen molar-refractivity contribution in [2.75, 3.05) is 0 Å². The zero-order chi connectivity index (χ0) is 15.3. The monoisotopic (exact) mass is 286 g/mol. The number of hydrogen-bond donors (Lipinski definition) is 2. The molecule has 0 aliphatic heterocycles. The topological polar surface area (TPSA) is 40.5 Å². The molecule has 0 atom stereocenters. The molecule has 2 aromatic carbocycles. The number of unbranched alkanes of at least 4 members (excludes halogenated alkanes) is 2. The Morgan fingerprint density at radius 1 is 0.905 bits per heavy atom. The lowest BCUT2D eigenvalue weighted by molar-refractivity contribution is 0.0122. The Morgan fingerprint density at radius 2 is 1.43 bits per heavy atom. The fourth-order valence-electron chi connectivity index (χ4n) is 2.93. The number of fused-ring (bicyclic) bond motifs is 1. The lowest BCUT2D eigenvalue weighted by Crippen LogP contribution is -2.26. The highest BCUT2D eigenvalue weighted by molar-refractivity contribution is 5.85. The summed E-state index contributed by atoms with van der Waals surface area (Å²) in [5.74, 6) is 0.211. The molecule has 2 heteroatoms. The Bertz CT molecular complexity index is 581. The Balaban J connectivity index is 2.44. The smallest absolute Gasteiger partial charge is 0.122 e. The van der Waals surface area contributed by atoms with E-state index in [4.69, 9.17) is 0 Å². The molecule has 0 heterocycles. The van der Waals surface area contributed by atoms with Crippen LogP contribution in [0, 0.1) is 0 Å². The highest BCUT2D eigenvalue weighted by atomic mass is 16.3. The van der Waals surface area contributed by atoms with Crippen LogP contribution in [-0.4, -0.2) is 10.2 Å². The van der Waals surface area contributed by atoms with Gasteiger partial charge in [-0.25, -0.2) is 0 Å². The van der Waals surface area contributed by atoms with Crippen molar-refractivity contribution in [2.24, 2.45) is 0 Å². The minimum absolute atomic E-state index is 0.211. The Kier molecular flexibility index (Phi) is 5.24. The van der Waals surface area contributed by atoms with E-state index in [-0.39, 0.29) is 5.75 Å². The molecule has 0 amide bonds. The van der Waals surface area contributed by atoms with Crippen LogP contribution in [0.5, 0.6) is 5.75 Å². The Labute approximate surface area is 127 Å². The summed E-state index contributed by atoms with van der Waals surface area (Å²) in [6.45, 7) is 4.25. The SMILES string of the molecule is CCCCC(O)(CCCC)c1cc2ccccc2cc1O. The van der Waals surface area contributed by atoms with Crippen LogP contribution in [0.3, 0.4) is 0 Å². The van der Waals surface area contributed by atoms with Gasteiger partial charge >= 0.3 is 0 Å². The van der Waals surface area contributed by atoms with Crippen LogP contribution in [0.2, 0.25) is 0 Å². The molecule has 114 valence electrons. The third-order valence-corrected chi connectivity index (χ3v) is 4.25. The molecule has 0 radical (unpaired) electrons. The van der Waals surface area contributed by atoms with Gasteiger partial charge in [-0.2, -0.15) is 0 Å². The van der Waals surface area contributed by atoms with Crippen molar-refractivity contribution in [3.8, 4) is 5.75 Å². The van der Waals surface area contributed by atoms with Gasteiger partial charge in [0, 0.05) is 5.56 Å². The maximum absolute atomic E-state index is 11.1. The molecule has 0 unspecified atom stereocenters. The molecule has 0 saturated heterocycles. The number of benzene rings is 2. The van der Waals surface area contributed by atoms with E-state index in [1.54, 1.807) is 6.07 Å². The van der Waals surface area contributed by atoms with E-state index in [0.29, 0.717) is 18.4 Å². The first-order valence-electron chi connectivity index (χ1n) is 8.05. The van der Waals surface area contributed by atoms with Gasteiger partial charge in [-0.1, -0.05) is 63.8 Å². The fraction of sp³-hybridized carbons (Fsp3) is 0.474. The van der Waals surface area contributed by atoms with Crippen LogP contribution >= 0.6 is 0 Å². The van der Waals surface area contributed by atoms with Gasteiger partial charge in [0.15, 0.2) is 0 Å². The van der Waals surface area contributed by atoms with E-state index in [1.807, 2.05) is 30.3 Å². The molecular weight excluding hydrogens is 260 g/mol. The molecule has 2 nitrogen and oxygen atoms in total. The molecule has 0 aliphatic carbocycles. The van der Waals surface area contributed by atoms with Gasteiger partial charge in [-0.3, -0.25) is 0 Å². The second kappa shape index (κ2) is 6.95. The Hall–Kier alpha value is -1.54. The van der Waals surface area contributed by atoms with Gasteiger partial charge < -0.3 is 10.2 Å². The number of rotatable bonds is 7. The number of aliphatic hydroxyl groups is 1. The van der Waals surface area contributed by atoms with E-state index in [1.165, 1.54) is 0 Å². The second-order valence-corrected chi connectivity index (χ2v) is 5.96. The van der Waals surface area contributed by atoms with E-state index in [9.17, 15) is 10.2 Å². The molecule has 0 saturated carbocycles. The van der Waals surface area contributed by atoms with Crippen LogP contribution in [0.1, 0.15) is 57.9 Å². The quantitative estimate of drug-likeness (QED) is 0.742. The van der Waals surface area contributed by atoms with Crippen LogP contribution in [0.15, 0.2) is 36.4 Å². The van der Waals surface area contributed by atoms with Crippen molar-refractivity contribution < 1.29 is 10.2 Å². The molecule has 21 heavy (non-hydrogen) atoms. The minimum Gasteiger partial charge on any atom is -0.508 e. The minimum atomic E-state index is -0.917.